The van der Waals surface area contributed by atoms with Crippen LogP contribution in [0.25, 0.3) is 0 Å². The van der Waals surface area contributed by atoms with Crippen LogP contribution in [0.2, 0.25) is 5.02 Å². The molecule has 1 N–H and O–H groups in total. The molecule has 0 aromatic heterocycles. The van der Waals surface area contributed by atoms with E-state index in [9.17, 15) is 19.7 Å². The topological polar surface area (TPSA) is 132 Å². The molecule has 30 heavy (non-hydrogen) atoms. The number of amides is 1. The molecule has 158 valence electrons. The predicted molar refractivity (Wildman–Crippen MR) is 110 cm³/mol. The van der Waals surface area contributed by atoms with Crippen LogP contribution in [0.3, 0.4) is 0 Å². The lowest BCUT2D eigenvalue weighted by atomic mass is 10.2. The Labute approximate surface area is 177 Å². The number of carbonyl (C=O) groups is 2. The van der Waals surface area contributed by atoms with Crippen LogP contribution in [0.5, 0.6) is 11.5 Å². The molecule has 11 heteroatoms. The van der Waals surface area contributed by atoms with E-state index in [1.165, 1.54) is 38.5 Å². The maximum Gasteiger partial charge on any atom is 0.296 e. The van der Waals surface area contributed by atoms with E-state index in [4.69, 9.17) is 21.1 Å². The normalized spacial score (nSPS) is 11.8. The monoisotopic (exact) mass is 434 g/mol. The molecule has 0 saturated carbocycles. The van der Waals surface area contributed by atoms with Gasteiger partial charge in [-0.25, -0.2) is 0 Å². The number of nitrogens with one attached hydrogen (secondary N) is 1. The van der Waals surface area contributed by atoms with Crippen molar-refractivity contribution in [1.29, 1.82) is 0 Å². The second-order valence-electron chi connectivity index (χ2n) is 6.13. The van der Waals surface area contributed by atoms with Gasteiger partial charge >= 0.3 is 0 Å². The highest BCUT2D eigenvalue weighted by molar-refractivity contribution is 6.34. The predicted octanol–water partition coefficient (Wildman–Crippen LogP) is 4.25. The van der Waals surface area contributed by atoms with Gasteiger partial charge in [0.1, 0.15) is 10.8 Å². The lowest BCUT2D eigenvalue weighted by Crippen LogP contribution is -2.32. The zero-order valence-corrected chi connectivity index (χ0v) is 17.4. The van der Waals surface area contributed by atoms with Crippen molar-refractivity contribution in [3.05, 3.63) is 51.0 Å². The fourth-order valence-corrected chi connectivity index (χ4v) is 2.82. The molecule has 10 nitrogen and oxygen atoms in total. The van der Waals surface area contributed by atoms with Crippen molar-refractivity contribution in [2.24, 2.45) is 10.2 Å². The van der Waals surface area contributed by atoms with Crippen LogP contribution in [0.4, 0.5) is 17.1 Å². The molecular formula is C19H19ClN4O6. The second kappa shape index (κ2) is 9.79. The van der Waals surface area contributed by atoms with Crippen LogP contribution in [-0.4, -0.2) is 36.9 Å². The summed E-state index contributed by atoms with van der Waals surface area (Å²) in [6, 6.07) is 5.78. The zero-order chi connectivity index (χ0) is 22.4. The quantitative estimate of drug-likeness (QED) is 0.285. The third kappa shape index (κ3) is 5.09. The summed E-state index contributed by atoms with van der Waals surface area (Å²) in [6.07, 6.45) is 0. The summed E-state index contributed by atoms with van der Waals surface area (Å²) >= 11 is 6.17. The van der Waals surface area contributed by atoms with E-state index in [1.807, 2.05) is 0 Å². The van der Waals surface area contributed by atoms with Crippen molar-refractivity contribution in [2.45, 2.75) is 19.9 Å². The van der Waals surface area contributed by atoms with Crippen molar-refractivity contribution in [3.63, 3.8) is 0 Å². The molecule has 0 fully saturated rings. The number of nitro benzene ring substituents is 1. The fraction of sp³-hybridized carbons (Fsp3) is 0.263. The van der Waals surface area contributed by atoms with Crippen LogP contribution in [0.15, 0.2) is 40.6 Å². The number of Topliss-reactive ketones (excluding diaryl/α,β-unsaturated/α-hetero) is 1. The van der Waals surface area contributed by atoms with Gasteiger partial charge in [-0.3, -0.25) is 19.7 Å². The van der Waals surface area contributed by atoms with E-state index in [0.717, 1.165) is 6.92 Å². The third-order valence-electron chi connectivity index (χ3n) is 3.99. The summed E-state index contributed by atoms with van der Waals surface area (Å²) in [6.45, 7) is 2.85. The second-order valence-corrected chi connectivity index (χ2v) is 6.51. The standard InChI is InChI=1S/C19H19ClN4O6/c1-10-5-6-12(14(9-10)24(27)28)22-23-17(11(2)25)19(26)21-13-7-8-15(29-3)16(20)18(13)30-4/h5-9,17H,1-4H3,(H,21,26). The van der Waals surface area contributed by atoms with Crippen LogP contribution >= 0.6 is 11.6 Å². The Balaban J connectivity index is 2.33. The number of nitrogens with zero attached hydrogens (tertiary/aromatic N) is 3. The van der Waals surface area contributed by atoms with Crippen molar-refractivity contribution in [2.75, 3.05) is 19.5 Å². The summed E-state index contributed by atoms with van der Waals surface area (Å²) in [5.41, 5.74) is 0.487. The highest BCUT2D eigenvalue weighted by atomic mass is 35.5. The van der Waals surface area contributed by atoms with Crippen LogP contribution in [0, 0.1) is 17.0 Å². The molecule has 0 spiro atoms. The Hall–Kier alpha value is -3.53. The van der Waals surface area contributed by atoms with Gasteiger partial charge in [-0.15, -0.1) is 5.11 Å². The number of benzene rings is 2. The number of nitro groups is 1. The van der Waals surface area contributed by atoms with Crippen molar-refractivity contribution in [1.82, 2.24) is 0 Å². The number of hydrogen-bond donors (Lipinski definition) is 1. The van der Waals surface area contributed by atoms with E-state index in [0.29, 0.717) is 11.3 Å². The first-order chi connectivity index (χ1) is 14.2. The molecule has 0 aliphatic rings. The van der Waals surface area contributed by atoms with Gasteiger partial charge in [-0.2, -0.15) is 5.11 Å². The number of carbonyl (C=O) groups excluding carboxylic acids is 2. The molecule has 1 atom stereocenters. The zero-order valence-electron chi connectivity index (χ0n) is 16.6. The largest absolute Gasteiger partial charge is 0.495 e. The van der Waals surface area contributed by atoms with E-state index in [-0.39, 0.29) is 27.8 Å². The fourth-order valence-electron chi connectivity index (χ4n) is 2.50. The van der Waals surface area contributed by atoms with E-state index >= 15 is 0 Å². The third-order valence-corrected chi connectivity index (χ3v) is 4.34. The number of ketones is 1. The van der Waals surface area contributed by atoms with E-state index < -0.39 is 22.7 Å². The number of ether oxygens (including phenoxy) is 2. The lowest BCUT2D eigenvalue weighted by Gasteiger charge is -2.15. The number of rotatable bonds is 8. The molecule has 0 radical (unpaired) electrons. The Kier molecular flexibility index (Phi) is 7.43. The number of halogens is 1. The van der Waals surface area contributed by atoms with Gasteiger partial charge < -0.3 is 14.8 Å². The molecule has 0 aliphatic carbocycles. The number of hydrogen-bond acceptors (Lipinski definition) is 8. The molecule has 2 aromatic rings. The van der Waals surface area contributed by atoms with Gasteiger partial charge in [0, 0.05) is 6.07 Å². The maximum absolute atomic E-state index is 12.6. The average Bonchev–Trinajstić information content (AvgIpc) is 2.69. The summed E-state index contributed by atoms with van der Waals surface area (Å²) < 4.78 is 10.3. The van der Waals surface area contributed by atoms with Crippen molar-refractivity contribution >= 4 is 40.4 Å². The first kappa shape index (κ1) is 22.8. The Bertz CT molecular complexity index is 1020. The van der Waals surface area contributed by atoms with Crippen LogP contribution in [0.1, 0.15) is 12.5 Å². The molecular weight excluding hydrogens is 416 g/mol. The highest BCUT2D eigenvalue weighted by Gasteiger charge is 2.26. The van der Waals surface area contributed by atoms with Gasteiger partial charge in [0.2, 0.25) is 6.04 Å². The Morgan fingerprint density at radius 2 is 1.90 bits per heavy atom. The van der Waals surface area contributed by atoms with Crippen LogP contribution < -0.4 is 14.8 Å². The van der Waals surface area contributed by atoms with Gasteiger partial charge in [0.05, 0.1) is 24.8 Å². The van der Waals surface area contributed by atoms with Gasteiger partial charge in [0.15, 0.2) is 17.2 Å². The SMILES string of the molecule is COc1ccc(NC(=O)C(N=Nc2ccc(C)cc2[N+](=O)[O-])C(C)=O)c(OC)c1Cl. The highest BCUT2D eigenvalue weighted by Crippen LogP contribution is 2.40. The smallest absolute Gasteiger partial charge is 0.296 e. The lowest BCUT2D eigenvalue weighted by molar-refractivity contribution is -0.384. The summed E-state index contributed by atoms with van der Waals surface area (Å²) in [5.74, 6) is -0.941. The van der Waals surface area contributed by atoms with Crippen LogP contribution in [-0.2, 0) is 9.59 Å². The molecule has 0 bridgehead atoms. The maximum atomic E-state index is 12.6. The van der Waals surface area contributed by atoms with Gasteiger partial charge in [0.25, 0.3) is 11.6 Å². The minimum Gasteiger partial charge on any atom is -0.495 e. The molecule has 2 rings (SSSR count). The molecule has 0 aliphatic heterocycles. The molecule has 1 unspecified atom stereocenters. The number of aryl methyl sites for hydroxylation is 1. The number of anilines is 1. The first-order valence-electron chi connectivity index (χ1n) is 8.57. The Morgan fingerprint density at radius 1 is 1.20 bits per heavy atom. The van der Waals surface area contributed by atoms with E-state index in [1.54, 1.807) is 13.0 Å². The molecule has 2 aromatic carbocycles. The molecule has 0 heterocycles. The Morgan fingerprint density at radius 3 is 2.47 bits per heavy atom. The van der Waals surface area contributed by atoms with Crippen molar-refractivity contribution < 1.29 is 24.0 Å². The summed E-state index contributed by atoms with van der Waals surface area (Å²) in [7, 11) is 2.78. The van der Waals surface area contributed by atoms with Gasteiger partial charge in [-0.05, 0) is 37.6 Å². The molecule has 0 saturated heterocycles. The number of methoxy groups -OCH3 is 2. The first-order valence-corrected chi connectivity index (χ1v) is 8.95. The van der Waals surface area contributed by atoms with E-state index in [2.05, 4.69) is 15.5 Å². The minimum atomic E-state index is -1.53. The minimum absolute atomic E-state index is 0.0743. The summed E-state index contributed by atoms with van der Waals surface area (Å²) in [5, 5.41) is 21.3. The molecule has 1 amide bonds. The average molecular weight is 435 g/mol. The van der Waals surface area contributed by atoms with Crippen molar-refractivity contribution in [3.8, 4) is 11.5 Å². The number of azo groups is 1. The van der Waals surface area contributed by atoms with Gasteiger partial charge in [-0.1, -0.05) is 17.7 Å². The summed E-state index contributed by atoms with van der Waals surface area (Å²) in [4.78, 5) is 35.2.